The average Bonchev–Trinajstić information content (AvgIpc) is 3.50. The molecular weight excluding hydrogens is 462 g/mol. The lowest BCUT2D eigenvalue weighted by atomic mass is 9.81. The maximum Gasteiger partial charge on any atom is 0.150 e. The Hall–Kier alpha value is -1.06. The number of morpholine rings is 1. The van der Waals surface area contributed by atoms with Crippen LogP contribution in [0.5, 0.6) is 0 Å². The number of likely N-dealkylation sites (tertiary alicyclic amines) is 1. The number of aromatic nitrogens is 2. The fourth-order valence-electron chi connectivity index (χ4n) is 6.37. The van der Waals surface area contributed by atoms with E-state index in [2.05, 4.69) is 35.3 Å². The fourth-order valence-corrected chi connectivity index (χ4v) is 7.91. The molecule has 2 saturated heterocycles. The second kappa shape index (κ2) is 10.1. The van der Waals surface area contributed by atoms with Crippen LogP contribution in [-0.4, -0.2) is 82.0 Å². The molecule has 34 heavy (non-hydrogen) atoms. The Morgan fingerprint density at radius 1 is 1.00 bits per heavy atom. The van der Waals surface area contributed by atoms with E-state index in [-0.39, 0.29) is 6.04 Å². The van der Waals surface area contributed by atoms with Gasteiger partial charge in [-0.15, -0.1) is 11.8 Å². The molecule has 184 valence electrons. The second-order valence-electron chi connectivity index (χ2n) is 10.6. The van der Waals surface area contributed by atoms with Crippen molar-refractivity contribution in [3.63, 3.8) is 0 Å². The summed E-state index contributed by atoms with van der Waals surface area (Å²) in [4.78, 5) is 15.2. The molecule has 1 atom stereocenters. The highest BCUT2D eigenvalue weighted by Gasteiger charge is 2.31. The molecule has 0 radical (unpaired) electrons. The fraction of sp³-hybridized carbons (Fsp3) is 0.692. The highest BCUT2D eigenvalue weighted by Crippen LogP contribution is 2.41. The number of piperidine rings is 1. The first kappa shape index (κ1) is 23.3. The van der Waals surface area contributed by atoms with Crippen LogP contribution in [0.2, 0.25) is 0 Å². The van der Waals surface area contributed by atoms with Gasteiger partial charge in [-0.25, -0.2) is 4.98 Å². The van der Waals surface area contributed by atoms with Gasteiger partial charge in [0.1, 0.15) is 5.65 Å². The summed E-state index contributed by atoms with van der Waals surface area (Å²) in [6, 6.07) is 3.37. The van der Waals surface area contributed by atoms with Crippen LogP contribution in [0.25, 0.3) is 11.0 Å². The third-order valence-corrected chi connectivity index (χ3v) is 10.0. The van der Waals surface area contributed by atoms with E-state index in [1.807, 2.05) is 15.7 Å². The van der Waals surface area contributed by atoms with Gasteiger partial charge in [0.25, 0.3) is 0 Å². The standard InChI is InChI=1S/C26H37N5OS2/c1-29-8-6-19(7-9-29)26-28-24(17-34-26)23-16-31(33)25-22(23)14-20(15-27-25)18-2-4-21(5-3-18)30-10-12-32-13-11-30/h14-16,18-19,21,24,33H,2-13,17H2,1H3. The van der Waals surface area contributed by atoms with Crippen molar-refractivity contribution in [1.82, 2.24) is 18.8 Å². The first-order chi connectivity index (χ1) is 16.7. The van der Waals surface area contributed by atoms with Gasteiger partial charge in [-0.2, -0.15) is 0 Å². The molecule has 2 aromatic rings. The summed E-state index contributed by atoms with van der Waals surface area (Å²) in [5.41, 5.74) is 3.67. The van der Waals surface area contributed by atoms with Crippen molar-refractivity contribution in [2.24, 2.45) is 10.9 Å². The Kier molecular flexibility index (Phi) is 6.96. The Morgan fingerprint density at radius 2 is 1.76 bits per heavy atom. The lowest BCUT2D eigenvalue weighted by Crippen LogP contribution is -2.44. The molecule has 6 rings (SSSR count). The highest BCUT2D eigenvalue weighted by atomic mass is 32.2. The quantitative estimate of drug-likeness (QED) is 0.622. The molecule has 8 heteroatoms. The van der Waals surface area contributed by atoms with Gasteiger partial charge in [-0.3, -0.25) is 13.9 Å². The Labute approximate surface area is 213 Å². The molecule has 1 saturated carbocycles. The number of aliphatic imine (C=N–C) groups is 1. The number of ether oxygens (including phenoxy) is 1. The number of pyridine rings is 1. The van der Waals surface area contributed by atoms with E-state index in [9.17, 15) is 0 Å². The molecule has 0 aromatic carbocycles. The number of thioether (sulfide) groups is 1. The Bertz CT molecular complexity index is 1030. The summed E-state index contributed by atoms with van der Waals surface area (Å²) in [5, 5.41) is 2.63. The van der Waals surface area contributed by atoms with Crippen molar-refractivity contribution in [2.75, 3.05) is 52.2 Å². The largest absolute Gasteiger partial charge is 0.379 e. The van der Waals surface area contributed by atoms with E-state index in [0.717, 1.165) is 43.7 Å². The van der Waals surface area contributed by atoms with Crippen molar-refractivity contribution in [3.8, 4) is 0 Å². The van der Waals surface area contributed by atoms with Gasteiger partial charge in [0, 0.05) is 54.1 Å². The van der Waals surface area contributed by atoms with E-state index < -0.39 is 0 Å². The highest BCUT2D eigenvalue weighted by molar-refractivity contribution is 8.14. The Morgan fingerprint density at radius 3 is 2.53 bits per heavy atom. The maximum absolute atomic E-state index is 5.55. The minimum Gasteiger partial charge on any atom is -0.379 e. The predicted octanol–water partition coefficient (Wildman–Crippen LogP) is 4.62. The lowest BCUT2D eigenvalue weighted by Gasteiger charge is -2.38. The van der Waals surface area contributed by atoms with Gasteiger partial charge in [0.2, 0.25) is 0 Å². The molecule has 6 nitrogen and oxygen atoms in total. The predicted molar refractivity (Wildman–Crippen MR) is 144 cm³/mol. The van der Waals surface area contributed by atoms with E-state index in [1.54, 1.807) is 0 Å². The number of fused-ring (bicyclic) bond motifs is 1. The molecule has 3 aliphatic heterocycles. The van der Waals surface area contributed by atoms with Crippen LogP contribution < -0.4 is 0 Å². The molecule has 5 heterocycles. The molecule has 0 N–H and O–H groups in total. The molecule has 0 amide bonds. The van der Waals surface area contributed by atoms with Crippen molar-refractivity contribution in [1.29, 1.82) is 0 Å². The number of rotatable bonds is 4. The van der Waals surface area contributed by atoms with Gasteiger partial charge in [-0.1, -0.05) is 12.8 Å². The molecule has 1 aliphatic carbocycles. The van der Waals surface area contributed by atoms with Crippen molar-refractivity contribution in [3.05, 3.63) is 29.6 Å². The van der Waals surface area contributed by atoms with Crippen LogP contribution in [0, 0.1) is 5.92 Å². The third-order valence-electron chi connectivity index (χ3n) is 8.51. The number of hydrogen-bond acceptors (Lipinski definition) is 7. The minimum atomic E-state index is 0.227. The van der Waals surface area contributed by atoms with E-state index >= 15 is 0 Å². The van der Waals surface area contributed by atoms with E-state index in [1.165, 1.54) is 73.2 Å². The molecule has 2 aromatic heterocycles. The average molecular weight is 500 g/mol. The van der Waals surface area contributed by atoms with Crippen molar-refractivity contribution >= 4 is 40.7 Å². The maximum atomic E-state index is 5.55. The Balaban J connectivity index is 1.18. The van der Waals surface area contributed by atoms with Crippen LogP contribution in [-0.2, 0) is 4.74 Å². The summed E-state index contributed by atoms with van der Waals surface area (Å²) in [6.45, 7) is 6.36. The zero-order valence-electron chi connectivity index (χ0n) is 20.2. The molecule has 0 bridgehead atoms. The SMILES string of the molecule is CN1CCC(C2=NC(c3cn(S)c4ncc(C5CCC(N6CCOCC6)CC5)cc34)CS2)CC1. The number of nitrogens with zero attached hydrogens (tertiary/aromatic N) is 5. The molecule has 3 fully saturated rings. The first-order valence-corrected chi connectivity index (χ1v) is 14.4. The summed E-state index contributed by atoms with van der Waals surface area (Å²) in [6.07, 6.45) is 11.8. The van der Waals surface area contributed by atoms with Gasteiger partial charge < -0.3 is 9.64 Å². The van der Waals surface area contributed by atoms with Gasteiger partial charge in [0.05, 0.1) is 24.3 Å². The second-order valence-corrected chi connectivity index (χ2v) is 12.1. The molecule has 0 spiro atoms. The van der Waals surface area contributed by atoms with Crippen LogP contribution in [0.3, 0.4) is 0 Å². The number of hydrogen-bond donors (Lipinski definition) is 1. The lowest BCUT2D eigenvalue weighted by molar-refractivity contribution is 0.00729. The van der Waals surface area contributed by atoms with Gasteiger partial charge in [-0.05, 0) is 76.2 Å². The van der Waals surface area contributed by atoms with Crippen molar-refractivity contribution < 1.29 is 4.74 Å². The number of thiol groups is 1. The smallest absolute Gasteiger partial charge is 0.150 e. The van der Waals surface area contributed by atoms with Crippen LogP contribution in [0.4, 0.5) is 0 Å². The third kappa shape index (κ3) is 4.69. The monoisotopic (exact) mass is 499 g/mol. The van der Waals surface area contributed by atoms with Crippen LogP contribution in [0.1, 0.15) is 61.6 Å². The molecule has 4 aliphatic rings. The van der Waals surface area contributed by atoms with Crippen molar-refractivity contribution in [2.45, 2.75) is 56.5 Å². The summed E-state index contributed by atoms with van der Waals surface area (Å²) in [5.74, 6) is 2.30. The summed E-state index contributed by atoms with van der Waals surface area (Å²) >= 11 is 6.69. The zero-order chi connectivity index (χ0) is 23.1. The van der Waals surface area contributed by atoms with Crippen LogP contribution >= 0.6 is 24.6 Å². The van der Waals surface area contributed by atoms with E-state index in [0.29, 0.717) is 11.8 Å². The summed E-state index contributed by atoms with van der Waals surface area (Å²) in [7, 11) is 2.23. The van der Waals surface area contributed by atoms with Gasteiger partial charge in [0.15, 0.2) is 0 Å². The normalized spacial score (nSPS) is 30.2. The zero-order valence-corrected chi connectivity index (χ0v) is 21.9. The first-order valence-electron chi connectivity index (χ1n) is 13.1. The molecular formula is C26H37N5OS2. The minimum absolute atomic E-state index is 0.227. The van der Waals surface area contributed by atoms with E-state index in [4.69, 9.17) is 27.5 Å². The molecule has 1 unspecified atom stereocenters. The summed E-state index contributed by atoms with van der Waals surface area (Å²) < 4.78 is 7.45. The van der Waals surface area contributed by atoms with Gasteiger partial charge >= 0.3 is 0 Å². The topological polar surface area (TPSA) is 45.9 Å². The van der Waals surface area contributed by atoms with Crippen LogP contribution in [0.15, 0.2) is 23.5 Å².